The van der Waals surface area contributed by atoms with E-state index in [9.17, 15) is 4.79 Å². The summed E-state index contributed by atoms with van der Waals surface area (Å²) < 4.78 is 10.6. The first-order chi connectivity index (χ1) is 11.3. The lowest BCUT2D eigenvalue weighted by atomic mass is 10.3. The van der Waals surface area contributed by atoms with E-state index >= 15 is 0 Å². The molecule has 6 nitrogen and oxygen atoms in total. The minimum Gasteiger partial charge on any atom is -0.497 e. The predicted molar refractivity (Wildman–Crippen MR) is 87.8 cm³/mol. The van der Waals surface area contributed by atoms with Crippen LogP contribution in [0.3, 0.4) is 0 Å². The van der Waals surface area contributed by atoms with Gasteiger partial charge in [-0.15, -0.1) is 0 Å². The molecule has 0 spiro atoms. The van der Waals surface area contributed by atoms with E-state index < -0.39 is 0 Å². The maximum absolute atomic E-state index is 11.6. The number of pyridine rings is 1. The van der Waals surface area contributed by atoms with Gasteiger partial charge in [0.15, 0.2) is 0 Å². The largest absolute Gasteiger partial charge is 0.497 e. The van der Waals surface area contributed by atoms with Crippen LogP contribution in [-0.4, -0.2) is 37.8 Å². The van der Waals surface area contributed by atoms with Crippen LogP contribution in [0.2, 0.25) is 0 Å². The molecule has 0 saturated heterocycles. The van der Waals surface area contributed by atoms with Crippen LogP contribution in [0.5, 0.6) is 11.5 Å². The number of aromatic nitrogens is 1. The molecule has 1 aromatic carbocycles. The van der Waals surface area contributed by atoms with Crippen molar-refractivity contribution in [1.29, 1.82) is 0 Å². The summed E-state index contributed by atoms with van der Waals surface area (Å²) >= 11 is 0. The summed E-state index contributed by atoms with van der Waals surface area (Å²) in [7, 11) is 1.62. The molecule has 6 heteroatoms. The molecule has 0 fully saturated rings. The Morgan fingerprint density at radius 3 is 2.48 bits per heavy atom. The number of nitrogens with zero attached hydrogens (tertiary/aromatic N) is 1. The third-order valence-corrected chi connectivity index (χ3v) is 3.11. The molecule has 0 aliphatic heterocycles. The average Bonchev–Trinajstić information content (AvgIpc) is 2.60. The van der Waals surface area contributed by atoms with Crippen LogP contribution < -0.4 is 20.1 Å². The fourth-order valence-corrected chi connectivity index (χ4v) is 1.92. The van der Waals surface area contributed by atoms with Gasteiger partial charge in [-0.2, -0.15) is 0 Å². The summed E-state index contributed by atoms with van der Waals surface area (Å²) in [5.74, 6) is 1.52. The third kappa shape index (κ3) is 6.25. The average molecular weight is 315 g/mol. The van der Waals surface area contributed by atoms with Crippen molar-refractivity contribution in [1.82, 2.24) is 15.6 Å². The van der Waals surface area contributed by atoms with E-state index in [0.717, 1.165) is 17.2 Å². The first kappa shape index (κ1) is 16.6. The van der Waals surface area contributed by atoms with Gasteiger partial charge in [-0.05, 0) is 36.4 Å². The molecule has 23 heavy (non-hydrogen) atoms. The molecule has 0 unspecified atom stereocenters. The molecule has 2 amide bonds. The lowest BCUT2D eigenvalue weighted by molar-refractivity contribution is 0.236. The van der Waals surface area contributed by atoms with Crippen molar-refractivity contribution in [3.8, 4) is 11.5 Å². The number of carbonyl (C=O) groups excluding carboxylic acids is 1. The third-order valence-electron chi connectivity index (χ3n) is 3.11. The number of hydrogen-bond acceptors (Lipinski definition) is 4. The summed E-state index contributed by atoms with van der Waals surface area (Å²) in [6, 6.07) is 12.8. The fourth-order valence-electron chi connectivity index (χ4n) is 1.92. The van der Waals surface area contributed by atoms with E-state index in [-0.39, 0.29) is 6.03 Å². The Balaban J connectivity index is 1.55. The first-order valence-electron chi connectivity index (χ1n) is 7.46. The molecule has 2 N–H and O–H groups in total. The summed E-state index contributed by atoms with van der Waals surface area (Å²) in [4.78, 5) is 15.8. The minimum absolute atomic E-state index is 0.209. The first-order valence-corrected chi connectivity index (χ1v) is 7.46. The Labute approximate surface area is 135 Å². The topological polar surface area (TPSA) is 72.5 Å². The summed E-state index contributed by atoms with van der Waals surface area (Å²) in [5, 5.41) is 5.52. The minimum atomic E-state index is -0.209. The van der Waals surface area contributed by atoms with Crippen molar-refractivity contribution in [3.05, 3.63) is 54.4 Å². The zero-order valence-electron chi connectivity index (χ0n) is 13.1. The van der Waals surface area contributed by atoms with Crippen LogP contribution in [0.15, 0.2) is 48.7 Å². The van der Waals surface area contributed by atoms with Crippen LogP contribution in [0.1, 0.15) is 5.69 Å². The molecule has 1 heterocycles. The fraction of sp³-hybridized carbons (Fsp3) is 0.294. The van der Waals surface area contributed by atoms with Crippen molar-refractivity contribution in [2.24, 2.45) is 0 Å². The van der Waals surface area contributed by atoms with Crippen LogP contribution in [0.4, 0.5) is 4.79 Å². The summed E-state index contributed by atoms with van der Waals surface area (Å²) in [5.41, 5.74) is 0.954. The number of urea groups is 1. The molecule has 0 aliphatic carbocycles. The Hall–Kier alpha value is -2.76. The SMILES string of the molecule is COc1ccc(OCCNC(=O)NCCc2ccccn2)cc1. The van der Waals surface area contributed by atoms with Crippen LogP contribution in [0.25, 0.3) is 0 Å². The van der Waals surface area contributed by atoms with Crippen LogP contribution in [0, 0.1) is 0 Å². The molecule has 0 bridgehead atoms. The predicted octanol–water partition coefficient (Wildman–Crippen LogP) is 2.01. The van der Waals surface area contributed by atoms with E-state index in [0.29, 0.717) is 26.1 Å². The van der Waals surface area contributed by atoms with Crippen LogP contribution in [-0.2, 0) is 6.42 Å². The number of rotatable bonds is 8. The van der Waals surface area contributed by atoms with Gasteiger partial charge in [0.05, 0.1) is 13.7 Å². The van der Waals surface area contributed by atoms with E-state index in [1.165, 1.54) is 0 Å². The maximum atomic E-state index is 11.6. The molecule has 0 radical (unpaired) electrons. The Morgan fingerprint density at radius 1 is 1.04 bits per heavy atom. The number of hydrogen-bond donors (Lipinski definition) is 2. The summed E-state index contributed by atoms with van der Waals surface area (Å²) in [6.07, 6.45) is 2.45. The number of nitrogens with one attached hydrogen (secondary N) is 2. The molecule has 0 atom stereocenters. The molecule has 2 rings (SSSR count). The zero-order valence-corrected chi connectivity index (χ0v) is 13.1. The highest BCUT2D eigenvalue weighted by Crippen LogP contribution is 2.16. The molecule has 1 aromatic heterocycles. The second-order valence-electron chi connectivity index (χ2n) is 4.78. The number of ether oxygens (including phenoxy) is 2. The molecule has 0 saturated carbocycles. The van der Waals surface area contributed by atoms with E-state index in [1.54, 1.807) is 13.3 Å². The molecule has 122 valence electrons. The maximum Gasteiger partial charge on any atom is 0.314 e. The smallest absolute Gasteiger partial charge is 0.314 e. The van der Waals surface area contributed by atoms with Crippen molar-refractivity contribution in [2.45, 2.75) is 6.42 Å². The normalized spacial score (nSPS) is 9.96. The second kappa shape index (κ2) is 9.30. The highest BCUT2D eigenvalue weighted by molar-refractivity contribution is 5.73. The van der Waals surface area contributed by atoms with Crippen molar-refractivity contribution < 1.29 is 14.3 Å². The van der Waals surface area contributed by atoms with E-state index in [1.807, 2.05) is 42.5 Å². The molecular weight excluding hydrogens is 294 g/mol. The number of methoxy groups -OCH3 is 1. The quantitative estimate of drug-likeness (QED) is 0.731. The highest BCUT2D eigenvalue weighted by atomic mass is 16.5. The van der Waals surface area contributed by atoms with Crippen molar-refractivity contribution in [2.75, 3.05) is 26.8 Å². The number of benzene rings is 1. The lowest BCUT2D eigenvalue weighted by Gasteiger charge is -2.09. The van der Waals surface area contributed by atoms with Gasteiger partial charge in [0.1, 0.15) is 18.1 Å². The summed E-state index contributed by atoms with van der Waals surface area (Å²) in [6.45, 7) is 1.38. The van der Waals surface area contributed by atoms with Gasteiger partial charge < -0.3 is 20.1 Å². The molecule has 0 aliphatic rings. The van der Waals surface area contributed by atoms with Crippen molar-refractivity contribution >= 4 is 6.03 Å². The monoisotopic (exact) mass is 315 g/mol. The highest BCUT2D eigenvalue weighted by Gasteiger charge is 2.00. The van der Waals surface area contributed by atoms with Gasteiger partial charge in [-0.3, -0.25) is 4.98 Å². The Kier molecular flexibility index (Phi) is 6.71. The Bertz CT molecular complexity index is 588. The molecule has 2 aromatic rings. The molecular formula is C17H21N3O3. The van der Waals surface area contributed by atoms with Crippen molar-refractivity contribution in [3.63, 3.8) is 0 Å². The standard InChI is InChI=1S/C17H21N3O3/c1-22-15-5-7-16(8-6-15)23-13-12-20-17(21)19-11-9-14-4-2-3-10-18-14/h2-8,10H,9,11-13H2,1H3,(H2,19,20,21). The zero-order chi connectivity index (χ0) is 16.3. The second-order valence-corrected chi connectivity index (χ2v) is 4.78. The van der Waals surface area contributed by atoms with E-state index in [2.05, 4.69) is 15.6 Å². The van der Waals surface area contributed by atoms with Gasteiger partial charge in [-0.25, -0.2) is 4.79 Å². The van der Waals surface area contributed by atoms with Gasteiger partial charge in [0.25, 0.3) is 0 Å². The van der Waals surface area contributed by atoms with Gasteiger partial charge >= 0.3 is 6.03 Å². The number of amides is 2. The van der Waals surface area contributed by atoms with Gasteiger partial charge in [-0.1, -0.05) is 6.07 Å². The van der Waals surface area contributed by atoms with Gasteiger partial charge in [0, 0.05) is 24.9 Å². The number of carbonyl (C=O) groups is 1. The van der Waals surface area contributed by atoms with Gasteiger partial charge in [0.2, 0.25) is 0 Å². The Morgan fingerprint density at radius 2 is 1.78 bits per heavy atom. The lowest BCUT2D eigenvalue weighted by Crippen LogP contribution is -2.38. The van der Waals surface area contributed by atoms with Crippen LogP contribution >= 0.6 is 0 Å². The van der Waals surface area contributed by atoms with E-state index in [4.69, 9.17) is 9.47 Å².